The van der Waals surface area contributed by atoms with Crippen LogP contribution in [0.2, 0.25) is 0 Å². The fraction of sp³-hybridized carbons (Fsp3) is 0.593. The van der Waals surface area contributed by atoms with Crippen LogP contribution in [0.1, 0.15) is 32.8 Å². The number of nitrogens with one attached hydrogen (secondary N) is 1. The molecule has 5 heterocycles. The lowest BCUT2D eigenvalue weighted by atomic mass is 9.68. The number of amides is 2. The molecule has 40 heavy (non-hydrogen) atoms. The first kappa shape index (κ1) is 26.6. The molecule has 6 aliphatic rings. The number of Topliss-reactive ketones (excluding diaryl/α,β-unsaturated/α-hetero) is 1. The summed E-state index contributed by atoms with van der Waals surface area (Å²) in [5.41, 5.74) is -4.24. The van der Waals surface area contributed by atoms with Gasteiger partial charge in [0.05, 0.1) is 6.04 Å². The van der Waals surface area contributed by atoms with Crippen molar-refractivity contribution >= 4 is 46.8 Å². The maximum atomic E-state index is 14.8. The van der Waals surface area contributed by atoms with Crippen molar-refractivity contribution in [2.24, 2.45) is 5.41 Å². The van der Waals surface area contributed by atoms with Crippen LogP contribution in [0, 0.1) is 5.41 Å². The third kappa shape index (κ3) is 2.37. The molecule has 11 nitrogen and oxygen atoms in total. The molecule has 0 unspecified atom stereocenters. The highest BCUT2D eigenvalue weighted by molar-refractivity contribution is 8.01. The Hall–Kier alpha value is -2.29. The van der Waals surface area contributed by atoms with Crippen LogP contribution in [0.3, 0.4) is 0 Å². The van der Waals surface area contributed by atoms with E-state index < -0.39 is 74.5 Å². The van der Waals surface area contributed by atoms with Gasteiger partial charge < -0.3 is 35.4 Å². The summed E-state index contributed by atoms with van der Waals surface area (Å²) in [6.45, 7) is 5.44. The number of aliphatic hydroxyl groups is 4. The molecule has 1 aliphatic carbocycles. The lowest BCUT2D eigenvalue weighted by Crippen LogP contribution is -2.77. The molecule has 9 atom stereocenters. The van der Waals surface area contributed by atoms with E-state index in [-0.39, 0.29) is 12.0 Å². The first-order valence-electron chi connectivity index (χ1n) is 13.1. The fourth-order valence-corrected chi connectivity index (χ4v) is 10.1. The predicted molar refractivity (Wildman–Crippen MR) is 146 cm³/mol. The number of anilines is 1. The number of thioether (sulfide) groups is 2. The van der Waals surface area contributed by atoms with Crippen LogP contribution in [0.5, 0.6) is 0 Å². The van der Waals surface area contributed by atoms with E-state index >= 15 is 0 Å². The second-order valence-electron chi connectivity index (χ2n) is 12.0. The van der Waals surface area contributed by atoms with Gasteiger partial charge in [0, 0.05) is 28.7 Å². The molecule has 5 aliphatic heterocycles. The highest BCUT2D eigenvalue weighted by atomic mass is 32.2. The third-order valence-corrected chi connectivity index (χ3v) is 12.8. The van der Waals surface area contributed by atoms with Gasteiger partial charge in [-0.05, 0) is 25.5 Å². The molecule has 214 valence electrons. The summed E-state index contributed by atoms with van der Waals surface area (Å²) in [4.78, 5) is 41.8. The van der Waals surface area contributed by atoms with Gasteiger partial charge >= 0.3 is 0 Å². The van der Waals surface area contributed by atoms with Crippen LogP contribution in [-0.4, -0.2) is 106 Å². The number of rotatable bonds is 2. The highest BCUT2D eigenvalue weighted by Gasteiger charge is 2.85. The maximum Gasteiger partial charge on any atom is 0.265 e. The lowest BCUT2D eigenvalue weighted by molar-refractivity contribution is -0.171. The van der Waals surface area contributed by atoms with Crippen LogP contribution in [-0.2, 0) is 24.7 Å². The number of ether oxygens (including phenoxy) is 1. The van der Waals surface area contributed by atoms with Crippen LogP contribution in [0.4, 0.5) is 5.69 Å². The molecule has 3 saturated heterocycles. The minimum Gasteiger partial charge on any atom is -0.494 e. The molecule has 13 heteroatoms. The smallest absolute Gasteiger partial charge is 0.265 e. The molecule has 5 N–H and O–H groups in total. The van der Waals surface area contributed by atoms with Crippen LogP contribution in [0.25, 0.3) is 0 Å². The van der Waals surface area contributed by atoms with E-state index in [1.807, 2.05) is 20.8 Å². The van der Waals surface area contributed by atoms with E-state index in [4.69, 9.17) is 4.74 Å². The van der Waals surface area contributed by atoms with Gasteiger partial charge in [-0.2, -0.15) is 0 Å². The Morgan fingerprint density at radius 1 is 0.950 bits per heavy atom. The van der Waals surface area contributed by atoms with Gasteiger partial charge in [-0.15, -0.1) is 23.5 Å². The van der Waals surface area contributed by atoms with Crippen LogP contribution >= 0.6 is 23.5 Å². The quantitative estimate of drug-likeness (QED) is 0.314. The molecule has 7 rings (SSSR count). The number of fused-ring (bicyclic) bond motifs is 8. The molecular formula is C27H31N3O8S2. The molecule has 0 spiro atoms. The zero-order valence-electron chi connectivity index (χ0n) is 22.5. The summed E-state index contributed by atoms with van der Waals surface area (Å²) in [6.07, 6.45) is -2.44. The number of aliphatic hydroxyl groups excluding tert-OH is 2. The number of hydrogen-bond donors (Lipinski definition) is 5. The standard InChI is InChI=1S/C27H31N3O8S2/c1-11-23(2,3)16-14(38-11)10-15-25(37,17(16)31)19(33)26(39-4)22(35)30-20-24(36,12-8-6-7-9-13(12)28-20)18(32)27(30,40-5)21(34)29(15)26/h6-9,11,15,18-20,28,32-33,36-37H,10H2,1-5H3/t11-,15-,18+,19+,20+,24+,25+,26+,27+/m0/s1. The number of benzene rings is 1. The van der Waals surface area contributed by atoms with Crippen LogP contribution < -0.4 is 5.32 Å². The van der Waals surface area contributed by atoms with E-state index in [2.05, 4.69) is 5.32 Å². The van der Waals surface area contributed by atoms with Crippen molar-refractivity contribution in [3.63, 3.8) is 0 Å². The number of carbonyl (C=O) groups is 3. The Balaban J connectivity index is 1.44. The molecule has 3 fully saturated rings. The largest absolute Gasteiger partial charge is 0.494 e. The highest BCUT2D eigenvalue weighted by Crippen LogP contribution is 2.65. The number of piperazine rings is 1. The van der Waals surface area contributed by atoms with E-state index in [9.17, 15) is 34.8 Å². The average molecular weight is 590 g/mol. The SMILES string of the molecule is CS[C@]12C(=O)N3[C@H]4Nc5ccccc5[C@@]4(O)[C@@H](O)[C@@]3(SC)C(=O)N1[C@H]1CC3=C(C(=O)[C@@]1(O)[C@H]2O)C(C)(C)[C@H](C)O3. The van der Waals surface area contributed by atoms with Gasteiger partial charge in [0.2, 0.25) is 0 Å². The van der Waals surface area contributed by atoms with Gasteiger partial charge in [-0.3, -0.25) is 19.3 Å². The fourth-order valence-electron chi connectivity index (χ4n) is 7.97. The van der Waals surface area contributed by atoms with Gasteiger partial charge in [0.15, 0.2) is 26.7 Å². The summed E-state index contributed by atoms with van der Waals surface area (Å²) in [5.74, 6) is -2.04. The molecule has 0 bridgehead atoms. The van der Waals surface area contributed by atoms with Crippen molar-refractivity contribution in [3.8, 4) is 0 Å². The van der Waals surface area contributed by atoms with Gasteiger partial charge in [-0.25, -0.2) is 0 Å². The van der Waals surface area contributed by atoms with Crippen molar-refractivity contribution < 1.29 is 39.5 Å². The molecule has 1 aromatic rings. The van der Waals surface area contributed by atoms with Gasteiger partial charge in [-0.1, -0.05) is 32.0 Å². The Morgan fingerprint density at radius 2 is 1.52 bits per heavy atom. The summed E-state index contributed by atoms with van der Waals surface area (Å²) < 4.78 is 6.04. The van der Waals surface area contributed by atoms with Crippen molar-refractivity contribution in [1.29, 1.82) is 0 Å². The zero-order chi connectivity index (χ0) is 28.9. The Labute approximate surface area is 238 Å². The van der Waals surface area contributed by atoms with Crippen molar-refractivity contribution in [1.82, 2.24) is 9.80 Å². The summed E-state index contributed by atoms with van der Waals surface area (Å²) >= 11 is 1.74. The maximum absolute atomic E-state index is 14.8. The van der Waals surface area contributed by atoms with E-state index in [1.54, 1.807) is 30.5 Å². The summed E-state index contributed by atoms with van der Waals surface area (Å²) in [6, 6.07) is 5.41. The summed E-state index contributed by atoms with van der Waals surface area (Å²) in [5, 5.41) is 51.1. The van der Waals surface area contributed by atoms with Gasteiger partial charge in [0.1, 0.15) is 30.2 Å². The minimum atomic E-state index is -2.50. The number of para-hydroxylation sites is 1. The third-order valence-electron chi connectivity index (χ3n) is 10.3. The molecule has 0 aromatic heterocycles. The first-order valence-corrected chi connectivity index (χ1v) is 15.6. The molecule has 0 saturated carbocycles. The average Bonchev–Trinajstić information content (AvgIpc) is 3.49. The zero-order valence-corrected chi connectivity index (χ0v) is 24.2. The van der Waals surface area contributed by atoms with Crippen molar-refractivity contribution in [3.05, 3.63) is 41.2 Å². The van der Waals surface area contributed by atoms with Gasteiger partial charge in [0.25, 0.3) is 11.8 Å². The van der Waals surface area contributed by atoms with E-state index in [1.165, 1.54) is 6.26 Å². The number of ketones is 1. The number of hydrogen-bond acceptors (Lipinski definition) is 11. The first-order chi connectivity index (χ1) is 18.7. The molecule has 2 amide bonds. The Morgan fingerprint density at radius 3 is 2.17 bits per heavy atom. The molecule has 1 aromatic carbocycles. The van der Waals surface area contributed by atoms with Crippen molar-refractivity contribution in [2.45, 2.75) is 78.7 Å². The second-order valence-corrected chi connectivity index (χ2v) is 14.1. The summed E-state index contributed by atoms with van der Waals surface area (Å²) in [7, 11) is 0. The normalized spacial score (nSPS) is 45.9. The van der Waals surface area contributed by atoms with Crippen LogP contribution in [0.15, 0.2) is 35.6 Å². The lowest BCUT2D eigenvalue weighted by Gasteiger charge is -2.54. The topological polar surface area (TPSA) is 160 Å². The predicted octanol–water partition coefficient (Wildman–Crippen LogP) is -0.0643. The minimum absolute atomic E-state index is 0.0981. The number of nitrogens with zero attached hydrogens (tertiary/aromatic N) is 2. The van der Waals surface area contributed by atoms with E-state index in [0.717, 1.165) is 33.3 Å². The molecular weight excluding hydrogens is 558 g/mol. The molecule has 0 radical (unpaired) electrons. The Kier molecular flexibility index (Phi) is 5.02. The second kappa shape index (κ2) is 7.56. The van der Waals surface area contributed by atoms with Crippen molar-refractivity contribution in [2.75, 3.05) is 17.8 Å². The van der Waals surface area contributed by atoms with E-state index in [0.29, 0.717) is 17.0 Å². The monoisotopic (exact) mass is 589 g/mol. The number of carbonyl (C=O) groups excluding carboxylic acids is 3. The Bertz CT molecular complexity index is 1450.